The zero-order valence-electron chi connectivity index (χ0n) is 11.5. The van der Waals surface area contributed by atoms with E-state index >= 15 is 0 Å². The van der Waals surface area contributed by atoms with Gasteiger partial charge in [-0.3, -0.25) is 9.59 Å². The van der Waals surface area contributed by atoms with Crippen LogP contribution >= 0.6 is 0 Å². The summed E-state index contributed by atoms with van der Waals surface area (Å²) in [5.74, 6) is -1.39. The van der Waals surface area contributed by atoms with E-state index in [-0.39, 0.29) is 12.6 Å². The van der Waals surface area contributed by atoms with Crippen LogP contribution in [0.2, 0.25) is 0 Å². The summed E-state index contributed by atoms with van der Waals surface area (Å²) in [6, 6.07) is 5.41. The molecule has 0 aliphatic rings. The van der Waals surface area contributed by atoms with Gasteiger partial charge in [0.25, 0.3) is 0 Å². The zero-order valence-corrected chi connectivity index (χ0v) is 11.5. The van der Waals surface area contributed by atoms with Gasteiger partial charge in [-0.25, -0.2) is 0 Å². The summed E-state index contributed by atoms with van der Waals surface area (Å²) in [5, 5.41) is 13.8. The molecular weight excluding hydrogens is 244 g/mol. The van der Waals surface area contributed by atoms with E-state index in [0.717, 1.165) is 11.1 Å². The average Bonchev–Trinajstić information content (AvgIpc) is 2.34. The third-order valence-corrected chi connectivity index (χ3v) is 2.79. The normalized spacial score (nSPS) is 11.8. The standard InChI is InChI=1S/C14H20N2O3/c1-9-4-5-10(2)12(8-9)16-14(19)13(18)15-11(3)6-7-17/h4-5,8,11,17H,6-7H2,1-3H3,(H,15,18)(H,16,19)/t11-/m1/s1. The SMILES string of the molecule is Cc1ccc(C)c(NC(=O)C(=O)N[C@H](C)CCO)c1. The Bertz CT molecular complexity index is 472. The molecule has 0 fully saturated rings. The van der Waals surface area contributed by atoms with Crippen LogP contribution in [0.25, 0.3) is 0 Å². The van der Waals surface area contributed by atoms with Crippen LogP contribution in [0.1, 0.15) is 24.5 Å². The first kappa shape index (κ1) is 15.2. The average molecular weight is 264 g/mol. The van der Waals surface area contributed by atoms with Crippen molar-refractivity contribution in [2.75, 3.05) is 11.9 Å². The molecule has 104 valence electrons. The van der Waals surface area contributed by atoms with Gasteiger partial charge >= 0.3 is 11.8 Å². The van der Waals surface area contributed by atoms with Crippen molar-refractivity contribution in [1.29, 1.82) is 0 Å². The summed E-state index contributed by atoms with van der Waals surface area (Å²) in [5.41, 5.74) is 2.54. The van der Waals surface area contributed by atoms with Crippen molar-refractivity contribution in [3.05, 3.63) is 29.3 Å². The number of nitrogens with one attached hydrogen (secondary N) is 2. The summed E-state index contributed by atoms with van der Waals surface area (Å²) in [4.78, 5) is 23.4. The summed E-state index contributed by atoms with van der Waals surface area (Å²) >= 11 is 0. The van der Waals surface area contributed by atoms with Gasteiger partial charge in [-0.15, -0.1) is 0 Å². The third kappa shape index (κ3) is 4.71. The fourth-order valence-corrected chi connectivity index (χ4v) is 1.60. The second-order valence-electron chi connectivity index (χ2n) is 4.66. The Morgan fingerprint density at radius 3 is 2.58 bits per heavy atom. The number of rotatable bonds is 4. The van der Waals surface area contributed by atoms with E-state index in [0.29, 0.717) is 12.1 Å². The molecule has 1 rings (SSSR count). The fraction of sp³-hybridized carbons (Fsp3) is 0.429. The molecule has 0 unspecified atom stereocenters. The number of hydrogen-bond donors (Lipinski definition) is 3. The molecule has 0 heterocycles. The fourth-order valence-electron chi connectivity index (χ4n) is 1.60. The number of anilines is 1. The second kappa shape index (κ2) is 6.89. The van der Waals surface area contributed by atoms with Crippen LogP contribution in [0.5, 0.6) is 0 Å². The molecule has 0 spiro atoms. The molecule has 1 aromatic rings. The van der Waals surface area contributed by atoms with Crippen LogP contribution in [-0.2, 0) is 9.59 Å². The van der Waals surface area contributed by atoms with Gasteiger partial charge in [-0.05, 0) is 44.4 Å². The summed E-state index contributed by atoms with van der Waals surface area (Å²) in [6.07, 6.45) is 0.419. The van der Waals surface area contributed by atoms with Crippen molar-refractivity contribution in [2.45, 2.75) is 33.2 Å². The Labute approximate surface area is 113 Å². The molecule has 0 aliphatic carbocycles. The van der Waals surface area contributed by atoms with Crippen LogP contribution in [0.3, 0.4) is 0 Å². The Balaban J connectivity index is 2.64. The number of aryl methyl sites for hydroxylation is 2. The number of amides is 2. The van der Waals surface area contributed by atoms with Gasteiger partial charge in [0, 0.05) is 18.3 Å². The van der Waals surface area contributed by atoms with Gasteiger partial charge in [0.05, 0.1) is 0 Å². The lowest BCUT2D eigenvalue weighted by atomic mass is 10.1. The van der Waals surface area contributed by atoms with Crippen molar-refractivity contribution in [3.63, 3.8) is 0 Å². The van der Waals surface area contributed by atoms with Gasteiger partial charge < -0.3 is 15.7 Å². The minimum atomic E-state index is -0.696. The lowest BCUT2D eigenvalue weighted by Gasteiger charge is -2.13. The number of aliphatic hydroxyl groups excluding tert-OH is 1. The van der Waals surface area contributed by atoms with E-state index in [1.54, 1.807) is 6.92 Å². The van der Waals surface area contributed by atoms with E-state index in [1.807, 2.05) is 32.0 Å². The molecule has 0 aromatic heterocycles. The first-order valence-corrected chi connectivity index (χ1v) is 6.24. The maximum Gasteiger partial charge on any atom is 0.313 e. The maximum absolute atomic E-state index is 11.7. The number of hydrogen-bond acceptors (Lipinski definition) is 3. The van der Waals surface area contributed by atoms with E-state index < -0.39 is 11.8 Å². The molecule has 0 radical (unpaired) electrons. The lowest BCUT2D eigenvalue weighted by Crippen LogP contribution is -2.40. The van der Waals surface area contributed by atoms with Crippen molar-refractivity contribution < 1.29 is 14.7 Å². The van der Waals surface area contributed by atoms with Crippen LogP contribution in [0.4, 0.5) is 5.69 Å². The molecule has 1 aromatic carbocycles. The molecular formula is C14H20N2O3. The van der Waals surface area contributed by atoms with Gasteiger partial charge in [-0.1, -0.05) is 12.1 Å². The highest BCUT2D eigenvalue weighted by molar-refractivity contribution is 6.39. The quantitative estimate of drug-likeness (QED) is 0.713. The maximum atomic E-state index is 11.7. The smallest absolute Gasteiger partial charge is 0.313 e. The monoisotopic (exact) mass is 264 g/mol. The summed E-state index contributed by atoms with van der Waals surface area (Å²) < 4.78 is 0. The van der Waals surface area contributed by atoms with Crippen LogP contribution < -0.4 is 10.6 Å². The predicted molar refractivity (Wildman–Crippen MR) is 73.9 cm³/mol. The molecule has 1 atom stereocenters. The largest absolute Gasteiger partial charge is 0.396 e. The second-order valence-corrected chi connectivity index (χ2v) is 4.66. The van der Waals surface area contributed by atoms with Gasteiger partial charge in [-0.2, -0.15) is 0 Å². The minimum absolute atomic E-state index is 0.0277. The Morgan fingerprint density at radius 2 is 1.95 bits per heavy atom. The molecule has 3 N–H and O–H groups in total. The Hall–Kier alpha value is -1.88. The number of carbonyl (C=O) groups is 2. The zero-order chi connectivity index (χ0) is 14.4. The Morgan fingerprint density at radius 1 is 1.26 bits per heavy atom. The molecule has 0 saturated heterocycles. The van der Waals surface area contributed by atoms with Gasteiger partial charge in [0.2, 0.25) is 0 Å². The first-order valence-electron chi connectivity index (χ1n) is 6.24. The topological polar surface area (TPSA) is 78.4 Å². The van der Waals surface area contributed by atoms with Crippen LogP contribution in [0.15, 0.2) is 18.2 Å². The number of aliphatic hydroxyl groups is 1. The van der Waals surface area contributed by atoms with Gasteiger partial charge in [0.1, 0.15) is 0 Å². The van der Waals surface area contributed by atoms with E-state index in [1.165, 1.54) is 0 Å². The highest BCUT2D eigenvalue weighted by atomic mass is 16.3. The van der Waals surface area contributed by atoms with E-state index in [2.05, 4.69) is 10.6 Å². The first-order chi connectivity index (χ1) is 8.93. The highest BCUT2D eigenvalue weighted by Gasteiger charge is 2.16. The third-order valence-electron chi connectivity index (χ3n) is 2.79. The van der Waals surface area contributed by atoms with Crippen molar-refractivity contribution in [2.24, 2.45) is 0 Å². The highest BCUT2D eigenvalue weighted by Crippen LogP contribution is 2.16. The molecule has 2 amide bonds. The molecule has 5 nitrogen and oxygen atoms in total. The predicted octanol–water partition coefficient (Wildman–Crippen LogP) is 1.13. The molecule has 5 heteroatoms. The van der Waals surface area contributed by atoms with Crippen LogP contribution in [-0.4, -0.2) is 29.6 Å². The number of carbonyl (C=O) groups excluding carboxylic acids is 2. The van der Waals surface area contributed by atoms with E-state index in [9.17, 15) is 9.59 Å². The lowest BCUT2D eigenvalue weighted by molar-refractivity contribution is -0.136. The molecule has 0 aliphatic heterocycles. The van der Waals surface area contributed by atoms with Gasteiger partial charge in [0.15, 0.2) is 0 Å². The minimum Gasteiger partial charge on any atom is -0.396 e. The van der Waals surface area contributed by atoms with Crippen molar-refractivity contribution in [3.8, 4) is 0 Å². The Kier molecular flexibility index (Phi) is 5.51. The molecule has 0 saturated carbocycles. The summed E-state index contributed by atoms with van der Waals surface area (Å²) in [6.45, 7) is 5.49. The van der Waals surface area contributed by atoms with Crippen molar-refractivity contribution in [1.82, 2.24) is 5.32 Å². The van der Waals surface area contributed by atoms with E-state index in [4.69, 9.17) is 5.11 Å². The molecule has 0 bridgehead atoms. The van der Waals surface area contributed by atoms with Crippen molar-refractivity contribution >= 4 is 17.5 Å². The summed E-state index contributed by atoms with van der Waals surface area (Å²) in [7, 11) is 0. The number of benzene rings is 1. The van der Waals surface area contributed by atoms with Crippen LogP contribution in [0, 0.1) is 13.8 Å². The molecule has 19 heavy (non-hydrogen) atoms.